The van der Waals surface area contributed by atoms with Gasteiger partial charge in [-0.25, -0.2) is 0 Å². The van der Waals surface area contributed by atoms with E-state index in [1.807, 2.05) is 30.0 Å². The summed E-state index contributed by atoms with van der Waals surface area (Å²) >= 11 is 7.96. The van der Waals surface area contributed by atoms with Crippen LogP contribution in [0.3, 0.4) is 0 Å². The maximum Gasteiger partial charge on any atom is 0.0545 e. The van der Waals surface area contributed by atoms with E-state index in [0.717, 1.165) is 27.2 Å². The van der Waals surface area contributed by atoms with Gasteiger partial charge in [-0.05, 0) is 29.7 Å². The van der Waals surface area contributed by atoms with Crippen molar-refractivity contribution >= 4 is 23.4 Å². The first kappa shape index (κ1) is 12.9. The highest BCUT2D eigenvalue weighted by atomic mass is 35.5. The number of halogens is 1. The minimum absolute atomic E-state index is 0.560. The van der Waals surface area contributed by atoms with Crippen molar-refractivity contribution in [2.75, 3.05) is 5.75 Å². The van der Waals surface area contributed by atoms with Gasteiger partial charge in [0, 0.05) is 11.4 Å². The summed E-state index contributed by atoms with van der Waals surface area (Å²) in [6.07, 6.45) is 1.21. The van der Waals surface area contributed by atoms with Crippen LogP contribution in [0, 0.1) is 5.92 Å². The van der Waals surface area contributed by atoms with Crippen LogP contribution in [0.25, 0.3) is 0 Å². The van der Waals surface area contributed by atoms with E-state index in [-0.39, 0.29) is 0 Å². The van der Waals surface area contributed by atoms with Crippen molar-refractivity contribution in [1.82, 2.24) is 0 Å². The Labute approximate surface area is 101 Å². The molecule has 1 aromatic rings. The molecule has 0 aliphatic rings. The molecule has 0 saturated heterocycles. The van der Waals surface area contributed by atoms with Crippen LogP contribution in [0.15, 0.2) is 23.1 Å². The maximum absolute atomic E-state index is 6.15. The van der Waals surface area contributed by atoms with Gasteiger partial charge in [-0.15, -0.1) is 11.8 Å². The van der Waals surface area contributed by atoms with Crippen molar-refractivity contribution in [2.24, 2.45) is 11.7 Å². The quantitative estimate of drug-likeness (QED) is 0.793. The summed E-state index contributed by atoms with van der Waals surface area (Å²) in [6.45, 7) is 5.03. The molecule has 0 fully saturated rings. The van der Waals surface area contributed by atoms with Crippen molar-refractivity contribution < 1.29 is 0 Å². The molecule has 0 saturated carbocycles. The standard InChI is InChI=1S/C12H18ClNS/c1-9(2)6-7-15-12-10(8-14)4-3-5-11(12)13/h3-5,9H,6-8,14H2,1-2H3. The highest BCUT2D eigenvalue weighted by Crippen LogP contribution is 2.31. The highest BCUT2D eigenvalue weighted by Gasteiger charge is 2.06. The third kappa shape index (κ3) is 4.06. The first-order valence-electron chi connectivity index (χ1n) is 5.25. The molecule has 0 radical (unpaired) electrons. The van der Waals surface area contributed by atoms with Crippen LogP contribution in [0.1, 0.15) is 25.8 Å². The lowest BCUT2D eigenvalue weighted by Gasteiger charge is -2.10. The molecule has 0 aromatic heterocycles. The summed E-state index contributed by atoms with van der Waals surface area (Å²) in [5.41, 5.74) is 6.83. The monoisotopic (exact) mass is 243 g/mol. The lowest BCUT2D eigenvalue weighted by Crippen LogP contribution is -1.99. The average molecular weight is 244 g/mol. The van der Waals surface area contributed by atoms with E-state index in [2.05, 4.69) is 13.8 Å². The summed E-state index contributed by atoms with van der Waals surface area (Å²) in [6, 6.07) is 5.93. The van der Waals surface area contributed by atoms with Crippen LogP contribution in [0.2, 0.25) is 5.02 Å². The lowest BCUT2D eigenvalue weighted by molar-refractivity contribution is 0.632. The van der Waals surface area contributed by atoms with Crippen molar-refractivity contribution in [1.29, 1.82) is 0 Å². The Kier molecular flexibility index (Phi) is 5.51. The molecule has 0 aliphatic carbocycles. The van der Waals surface area contributed by atoms with Gasteiger partial charge >= 0.3 is 0 Å². The van der Waals surface area contributed by atoms with Gasteiger partial charge in [0.05, 0.1) is 5.02 Å². The Morgan fingerprint density at radius 1 is 1.40 bits per heavy atom. The average Bonchev–Trinajstić information content (AvgIpc) is 2.20. The predicted octanol–water partition coefficient (Wildman–Crippen LogP) is 3.94. The minimum atomic E-state index is 0.560. The van der Waals surface area contributed by atoms with Crippen LogP contribution >= 0.6 is 23.4 Å². The van der Waals surface area contributed by atoms with Crippen LogP contribution in [0.4, 0.5) is 0 Å². The first-order chi connectivity index (χ1) is 7.15. The molecule has 2 N–H and O–H groups in total. The van der Waals surface area contributed by atoms with Crippen molar-refractivity contribution in [3.05, 3.63) is 28.8 Å². The Morgan fingerprint density at radius 2 is 2.13 bits per heavy atom. The van der Waals surface area contributed by atoms with E-state index < -0.39 is 0 Å². The number of benzene rings is 1. The van der Waals surface area contributed by atoms with Gasteiger partial charge in [0.15, 0.2) is 0 Å². The zero-order valence-electron chi connectivity index (χ0n) is 9.29. The summed E-state index contributed by atoms with van der Waals surface area (Å²) in [4.78, 5) is 1.15. The van der Waals surface area contributed by atoms with Gasteiger partial charge in [-0.2, -0.15) is 0 Å². The molecule has 0 aliphatic heterocycles. The zero-order chi connectivity index (χ0) is 11.3. The molecule has 0 bridgehead atoms. The number of hydrogen-bond donors (Lipinski definition) is 1. The van der Waals surface area contributed by atoms with E-state index in [4.69, 9.17) is 17.3 Å². The molecule has 1 nitrogen and oxygen atoms in total. The first-order valence-corrected chi connectivity index (χ1v) is 6.61. The van der Waals surface area contributed by atoms with Crippen LogP contribution in [-0.2, 0) is 6.54 Å². The molecule has 3 heteroatoms. The van der Waals surface area contributed by atoms with Crippen LogP contribution < -0.4 is 5.73 Å². The maximum atomic E-state index is 6.15. The molecule has 84 valence electrons. The second kappa shape index (κ2) is 6.41. The smallest absolute Gasteiger partial charge is 0.0545 e. The summed E-state index contributed by atoms with van der Waals surface area (Å²) in [5.74, 6) is 1.84. The van der Waals surface area contributed by atoms with E-state index in [1.54, 1.807) is 0 Å². The Bertz CT molecular complexity index is 312. The van der Waals surface area contributed by atoms with Gasteiger partial charge in [0.25, 0.3) is 0 Å². The van der Waals surface area contributed by atoms with E-state index >= 15 is 0 Å². The number of hydrogen-bond acceptors (Lipinski definition) is 2. The summed E-state index contributed by atoms with van der Waals surface area (Å²) < 4.78 is 0. The summed E-state index contributed by atoms with van der Waals surface area (Å²) in [5, 5.41) is 0.826. The number of thioether (sulfide) groups is 1. The fourth-order valence-electron chi connectivity index (χ4n) is 1.27. The molecule has 0 atom stereocenters. The zero-order valence-corrected chi connectivity index (χ0v) is 10.9. The second-order valence-electron chi connectivity index (χ2n) is 3.96. The fraction of sp³-hybridized carbons (Fsp3) is 0.500. The molecular formula is C12H18ClNS. The molecule has 1 rings (SSSR count). The SMILES string of the molecule is CC(C)CCSc1c(Cl)cccc1CN. The molecule has 0 amide bonds. The van der Waals surface area contributed by atoms with Gasteiger partial charge in [-0.3, -0.25) is 0 Å². The van der Waals surface area contributed by atoms with E-state index in [0.29, 0.717) is 6.54 Å². The third-order valence-corrected chi connectivity index (χ3v) is 3.85. The lowest BCUT2D eigenvalue weighted by atomic mass is 10.2. The highest BCUT2D eigenvalue weighted by molar-refractivity contribution is 7.99. The third-order valence-electron chi connectivity index (χ3n) is 2.21. The summed E-state index contributed by atoms with van der Waals surface area (Å²) in [7, 11) is 0. The molecular weight excluding hydrogens is 226 g/mol. The predicted molar refractivity (Wildman–Crippen MR) is 69.5 cm³/mol. The normalized spacial score (nSPS) is 11.0. The number of nitrogens with two attached hydrogens (primary N) is 1. The van der Waals surface area contributed by atoms with Gasteiger partial charge in [0.1, 0.15) is 0 Å². The van der Waals surface area contributed by atoms with E-state index in [9.17, 15) is 0 Å². The molecule has 1 aromatic carbocycles. The minimum Gasteiger partial charge on any atom is -0.326 e. The second-order valence-corrected chi connectivity index (χ2v) is 5.48. The Hall–Kier alpha value is -0.180. The fourth-order valence-corrected chi connectivity index (χ4v) is 2.97. The van der Waals surface area contributed by atoms with Crippen molar-refractivity contribution in [3.63, 3.8) is 0 Å². The molecule has 0 heterocycles. The van der Waals surface area contributed by atoms with Crippen molar-refractivity contribution in [2.45, 2.75) is 31.7 Å². The largest absolute Gasteiger partial charge is 0.326 e. The van der Waals surface area contributed by atoms with Gasteiger partial charge < -0.3 is 5.73 Å². The van der Waals surface area contributed by atoms with Crippen LogP contribution in [0.5, 0.6) is 0 Å². The van der Waals surface area contributed by atoms with Gasteiger partial charge in [0.2, 0.25) is 0 Å². The Balaban J connectivity index is 2.66. The Morgan fingerprint density at radius 3 is 2.73 bits per heavy atom. The van der Waals surface area contributed by atoms with E-state index in [1.165, 1.54) is 6.42 Å². The molecule has 0 spiro atoms. The molecule has 15 heavy (non-hydrogen) atoms. The van der Waals surface area contributed by atoms with Crippen LogP contribution in [-0.4, -0.2) is 5.75 Å². The van der Waals surface area contributed by atoms with Crippen molar-refractivity contribution in [3.8, 4) is 0 Å². The topological polar surface area (TPSA) is 26.0 Å². The van der Waals surface area contributed by atoms with Gasteiger partial charge in [-0.1, -0.05) is 37.6 Å². The number of rotatable bonds is 5. The molecule has 0 unspecified atom stereocenters.